The first-order chi connectivity index (χ1) is 17.6. The minimum atomic E-state index is -0.236. The number of nitrogens with one attached hydrogen (secondary N) is 2. The van der Waals surface area contributed by atoms with E-state index in [-0.39, 0.29) is 25.0 Å². The number of hydrogen-bond donors (Lipinski definition) is 3. The molecule has 1 aliphatic rings. The van der Waals surface area contributed by atoms with E-state index in [0.29, 0.717) is 49.0 Å². The van der Waals surface area contributed by atoms with Crippen molar-refractivity contribution in [3.05, 3.63) is 78.0 Å². The van der Waals surface area contributed by atoms with E-state index in [2.05, 4.69) is 20.7 Å². The fourth-order valence-corrected chi connectivity index (χ4v) is 4.03. The average Bonchev–Trinajstić information content (AvgIpc) is 3.35. The van der Waals surface area contributed by atoms with E-state index in [1.165, 1.54) is 0 Å². The first-order valence-corrected chi connectivity index (χ1v) is 11.7. The fourth-order valence-electron chi connectivity index (χ4n) is 4.03. The Morgan fingerprint density at radius 1 is 0.972 bits per heavy atom. The zero-order chi connectivity index (χ0) is 24.9. The lowest BCUT2D eigenvalue weighted by Crippen LogP contribution is -2.40. The SMILES string of the molecule is O=C(NCCO)c1ccc(-c2cccn3nc(Nc4ccc(C(=O)N5CCOCC5)cc4)nc23)cc1. The van der Waals surface area contributed by atoms with Gasteiger partial charge in [-0.1, -0.05) is 12.1 Å². The number of fused-ring (bicyclic) bond motifs is 1. The van der Waals surface area contributed by atoms with E-state index < -0.39 is 0 Å². The second-order valence-corrected chi connectivity index (χ2v) is 8.29. The molecule has 184 valence electrons. The van der Waals surface area contributed by atoms with Crippen LogP contribution < -0.4 is 10.6 Å². The first kappa shape index (κ1) is 23.5. The van der Waals surface area contributed by atoms with Gasteiger partial charge in [-0.15, -0.1) is 5.10 Å². The Kier molecular flexibility index (Phi) is 6.87. The van der Waals surface area contributed by atoms with Crippen LogP contribution in [-0.4, -0.2) is 75.9 Å². The minimum Gasteiger partial charge on any atom is -0.395 e. The average molecular weight is 487 g/mol. The molecule has 2 amide bonds. The molecule has 1 fully saturated rings. The molecule has 2 aromatic heterocycles. The maximum atomic E-state index is 12.7. The van der Waals surface area contributed by atoms with Crippen LogP contribution in [0.4, 0.5) is 11.6 Å². The topological polar surface area (TPSA) is 121 Å². The lowest BCUT2D eigenvalue weighted by atomic mass is 10.0. The standard InChI is InChI=1S/C26H26N6O4/c33-15-11-27-24(34)19-5-3-18(4-6-19)22-2-1-12-32-23(22)29-26(30-32)28-21-9-7-20(8-10-21)25(35)31-13-16-36-17-14-31/h1-10,12,33H,11,13-17H2,(H,27,34)(H,28,30). The Bertz CT molecular complexity index is 1360. The number of rotatable bonds is 7. The normalized spacial score (nSPS) is 13.5. The van der Waals surface area contributed by atoms with Crippen molar-refractivity contribution in [3.63, 3.8) is 0 Å². The summed E-state index contributed by atoms with van der Waals surface area (Å²) in [4.78, 5) is 31.2. The van der Waals surface area contributed by atoms with Gasteiger partial charge in [-0.25, -0.2) is 4.52 Å². The summed E-state index contributed by atoms with van der Waals surface area (Å²) in [6, 6.07) is 18.3. The zero-order valence-electron chi connectivity index (χ0n) is 19.6. The molecule has 10 heteroatoms. The van der Waals surface area contributed by atoms with Gasteiger partial charge in [0, 0.05) is 48.2 Å². The number of carbonyl (C=O) groups is 2. The number of aliphatic hydroxyl groups excluding tert-OH is 1. The molecule has 0 bridgehead atoms. The van der Waals surface area contributed by atoms with Crippen LogP contribution in [0.5, 0.6) is 0 Å². The molecule has 0 saturated carbocycles. The Hall–Kier alpha value is -4.28. The van der Waals surface area contributed by atoms with Crippen molar-refractivity contribution in [2.75, 3.05) is 44.8 Å². The third-order valence-electron chi connectivity index (χ3n) is 5.90. The summed E-state index contributed by atoms with van der Waals surface area (Å²) in [6.45, 7) is 2.44. The molecule has 0 spiro atoms. The molecule has 0 radical (unpaired) electrons. The smallest absolute Gasteiger partial charge is 0.254 e. The number of ether oxygens (including phenoxy) is 1. The summed E-state index contributed by atoms with van der Waals surface area (Å²) in [5, 5.41) is 19.2. The van der Waals surface area contributed by atoms with Crippen molar-refractivity contribution in [3.8, 4) is 11.1 Å². The summed E-state index contributed by atoms with van der Waals surface area (Å²) < 4.78 is 7.01. The number of hydrogen-bond acceptors (Lipinski definition) is 7. The molecule has 0 atom stereocenters. The molecular formula is C26H26N6O4. The van der Waals surface area contributed by atoms with E-state index in [4.69, 9.17) is 9.84 Å². The minimum absolute atomic E-state index is 0.00255. The molecule has 4 aromatic rings. The number of pyridine rings is 1. The Balaban J connectivity index is 1.32. The van der Waals surface area contributed by atoms with Crippen LogP contribution in [0.15, 0.2) is 66.9 Å². The van der Waals surface area contributed by atoms with Gasteiger partial charge in [0.1, 0.15) is 0 Å². The molecule has 3 N–H and O–H groups in total. The fraction of sp³-hybridized carbons (Fsp3) is 0.231. The monoisotopic (exact) mass is 486 g/mol. The number of amides is 2. The van der Waals surface area contributed by atoms with E-state index in [1.54, 1.807) is 33.7 Å². The predicted octanol–water partition coefficient (Wildman–Crippen LogP) is 2.33. The zero-order valence-corrected chi connectivity index (χ0v) is 19.6. The van der Waals surface area contributed by atoms with Gasteiger partial charge < -0.3 is 25.4 Å². The molecular weight excluding hydrogens is 460 g/mol. The molecule has 2 aromatic carbocycles. The number of aliphatic hydroxyl groups is 1. The van der Waals surface area contributed by atoms with E-state index >= 15 is 0 Å². The summed E-state index contributed by atoms with van der Waals surface area (Å²) in [6.07, 6.45) is 1.82. The number of benzene rings is 2. The lowest BCUT2D eigenvalue weighted by molar-refractivity contribution is 0.0303. The highest BCUT2D eigenvalue weighted by atomic mass is 16.5. The summed E-state index contributed by atoms with van der Waals surface area (Å²) >= 11 is 0. The summed E-state index contributed by atoms with van der Waals surface area (Å²) in [5.74, 6) is 0.187. The van der Waals surface area contributed by atoms with Gasteiger partial charge in [0.05, 0.1) is 19.8 Å². The van der Waals surface area contributed by atoms with Crippen molar-refractivity contribution in [2.45, 2.75) is 0 Å². The molecule has 1 aliphatic heterocycles. The molecule has 5 rings (SSSR count). The summed E-state index contributed by atoms with van der Waals surface area (Å²) in [7, 11) is 0. The highest BCUT2D eigenvalue weighted by Crippen LogP contribution is 2.25. The van der Waals surface area contributed by atoms with Crippen LogP contribution in [0.3, 0.4) is 0 Å². The van der Waals surface area contributed by atoms with Gasteiger partial charge >= 0.3 is 0 Å². The first-order valence-electron chi connectivity index (χ1n) is 11.7. The maximum Gasteiger partial charge on any atom is 0.254 e. The van der Waals surface area contributed by atoms with Gasteiger partial charge in [-0.2, -0.15) is 4.98 Å². The van der Waals surface area contributed by atoms with Crippen molar-refractivity contribution in [2.24, 2.45) is 0 Å². The Morgan fingerprint density at radius 3 is 2.42 bits per heavy atom. The lowest BCUT2D eigenvalue weighted by Gasteiger charge is -2.26. The van der Waals surface area contributed by atoms with E-state index in [0.717, 1.165) is 16.8 Å². The van der Waals surface area contributed by atoms with Crippen LogP contribution in [0.25, 0.3) is 16.8 Å². The summed E-state index contributed by atoms with van der Waals surface area (Å²) in [5.41, 5.74) is 4.33. The molecule has 36 heavy (non-hydrogen) atoms. The molecule has 0 aliphatic carbocycles. The van der Waals surface area contributed by atoms with Crippen molar-refractivity contribution < 1.29 is 19.4 Å². The van der Waals surface area contributed by atoms with Crippen molar-refractivity contribution in [1.82, 2.24) is 24.8 Å². The van der Waals surface area contributed by atoms with Crippen LogP contribution in [-0.2, 0) is 4.74 Å². The second kappa shape index (κ2) is 10.5. The van der Waals surface area contributed by atoms with Gasteiger partial charge in [0.25, 0.3) is 11.8 Å². The Morgan fingerprint density at radius 2 is 1.69 bits per heavy atom. The number of anilines is 2. The number of aromatic nitrogens is 3. The van der Waals surface area contributed by atoms with Gasteiger partial charge in [-0.3, -0.25) is 9.59 Å². The van der Waals surface area contributed by atoms with Crippen LogP contribution in [0.2, 0.25) is 0 Å². The second-order valence-electron chi connectivity index (χ2n) is 8.29. The largest absolute Gasteiger partial charge is 0.395 e. The predicted molar refractivity (Wildman–Crippen MR) is 134 cm³/mol. The van der Waals surface area contributed by atoms with Gasteiger partial charge in [0.2, 0.25) is 5.95 Å². The van der Waals surface area contributed by atoms with Gasteiger partial charge in [-0.05, 0) is 54.1 Å². The highest BCUT2D eigenvalue weighted by molar-refractivity contribution is 5.95. The molecule has 1 saturated heterocycles. The molecule has 3 heterocycles. The van der Waals surface area contributed by atoms with Crippen molar-refractivity contribution >= 4 is 29.1 Å². The quantitative estimate of drug-likeness (QED) is 0.367. The Labute approximate surface area is 207 Å². The molecule has 10 nitrogen and oxygen atoms in total. The van der Waals surface area contributed by atoms with E-state index in [1.807, 2.05) is 42.6 Å². The highest BCUT2D eigenvalue weighted by Gasteiger charge is 2.18. The van der Waals surface area contributed by atoms with Crippen LogP contribution in [0, 0.1) is 0 Å². The number of carbonyl (C=O) groups excluding carboxylic acids is 2. The number of nitrogens with zero attached hydrogens (tertiary/aromatic N) is 4. The van der Waals surface area contributed by atoms with Crippen LogP contribution in [0.1, 0.15) is 20.7 Å². The van der Waals surface area contributed by atoms with Gasteiger partial charge in [0.15, 0.2) is 5.65 Å². The maximum absolute atomic E-state index is 12.7. The van der Waals surface area contributed by atoms with Crippen LogP contribution >= 0.6 is 0 Å². The third kappa shape index (κ3) is 5.04. The van der Waals surface area contributed by atoms with Crippen molar-refractivity contribution in [1.29, 1.82) is 0 Å². The molecule has 0 unspecified atom stereocenters. The number of morpholine rings is 1. The van der Waals surface area contributed by atoms with E-state index in [9.17, 15) is 9.59 Å². The third-order valence-corrected chi connectivity index (χ3v) is 5.90.